The zero-order chi connectivity index (χ0) is 22.7. The molecule has 2 aromatic rings. The Kier molecular flexibility index (Phi) is 6.67. The van der Waals surface area contributed by atoms with Gasteiger partial charge >= 0.3 is 0 Å². The van der Waals surface area contributed by atoms with Crippen LogP contribution in [0.4, 0.5) is 4.39 Å². The lowest BCUT2D eigenvalue weighted by Crippen LogP contribution is -2.43. The Morgan fingerprint density at radius 1 is 1.16 bits per heavy atom. The lowest BCUT2D eigenvalue weighted by molar-refractivity contribution is -0.134. The van der Waals surface area contributed by atoms with Crippen LogP contribution in [0.25, 0.3) is 0 Å². The number of H-pyrrole nitrogens is 1. The van der Waals surface area contributed by atoms with Gasteiger partial charge < -0.3 is 14.8 Å². The van der Waals surface area contributed by atoms with E-state index in [0.717, 1.165) is 31.2 Å². The van der Waals surface area contributed by atoms with E-state index in [1.165, 1.54) is 12.1 Å². The second-order valence-electron chi connectivity index (χ2n) is 8.59. The first-order valence-corrected chi connectivity index (χ1v) is 11.4. The average molecular weight is 441 g/mol. The highest BCUT2D eigenvalue weighted by Gasteiger charge is 2.32. The van der Waals surface area contributed by atoms with Crippen molar-refractivity contribution in [3.63, 3.8) is 0 Å². The van der Waals surface area contributed by atoms with Gasteiger partial charge in [-0.1, -0.05) is 19.1 Å². The number of aromatic nitrogens is 2. The Labute approximate surface area is 186 Å². The van der Waals surface area contributed by atoms with Crippen LogP contribution in [0.1, 0.15) is 67.7 Å². The van der Waals surface area contributed by atoms with E-state index in [2.05, 4.69) is 4.98 Å². The maximum absolute atomic E-state index is 13.2. The maximum Gasteiger partial charge on any atom is 0.254 e. The van der Waals surface area contributed by atoms with E-state index < -0.39 is 0 Å². The van der Waals surface area contributed by atoms with Gasteiger partial charge in [-0.3, -0.25) is 14.4 Å². The standard InChI is InChI=1S/C24H29FN4O3/c1-2-5-21(30)28-13-11-18-19(15-28)26-23(27-24(18)32)20-6-3-4-12-29(20)22(31)14-16-7-9-17(25)10-8-16/h7-10,20H,2-6,11-15H2,1H3,(H,26,27,32)/t20-/m0/s1. The number of likely N-dealkylation sites (tertiary alicyclic amines) is 1. The maximum atomic E-state index is 13.2. The van der Waals surface area contributed by atoms with Crippen LogP contribution in [0.5, 0.6) is 0 Å². The van der Waals surface area contributed by atoms with Crippen molar-refractivity contribution in [2.75, 3.05) is 13.1 Å². The Bertz CT molecular complexity index is 1050. The molecule has 1 saturated heterocycles. The van der Waals surface area contributed by atoms with Gasteiger partial charge in [0.1, 0.15) is 11.6 Å². The van der Waals surface area contributed by atoms with Gasteiger partial charge in [-0.05, 0) is 49.8 Å². The van der Waals surface area contributed by atoms with Gasteiger partial charge in [-0.2, -0.15) is 0 Å². The second-order valence-corrected chi connectivity index (χ2v) is 8.59. The molecule has 0 bridgehead atoms. The number of carbonyl (C=O) groups excluding carboxylic acids is 2. The minimum absolute atomic E-state index is 0.0681. The van der Waals surface area contributed by atoms with Crippen molar-refractivity contribution in [3.8, 4) is 0 Å². The lowest BCUT2D eigenvalue weighted by Gasteiger charge is -2.36. The summed E-state index contributed by atoms with van der Waals surface area (Å²) in [5.74, 6) is 0.169. The zero-order valence-electron chi connectivity index (χ0n) is 18.4. The van der Waals surface area contributed by atoms with Crippen molar-refractivity contribution in [2.45, 2.75) is 64.5 Å². The highest BCUT2D eigenvalue weighted by atomic mass is 19.1. The third-order valence-electron chi connectivity index (χ3n) is 6.32. The van der Waals surface area contributed by atoms with Crippen LogP contribution in [-0.2, 0) is 29.0 Å². The number of nitrogens with zero attached hydrogens (tertiary/aromatic N) is 3. The van der Waals surface area contributed by atoms with Crippen molar-refractivity contribution in [2.24, 2.45) is 0 Å². The van der Waals surface area contributed by atoms with Crippen molar-refractivity contribution < 1.29 is 14.0 Å². The average Bonchev–Trinajstić information content (AvgIpc) is 2.80. The molecule has 2 aliphatic heterocycles. The monoisotopic (exact) mass is 440 g/mol. The fourth-order valence-corrected chi connectivity index (χ4v) is 4.59. The van der Waals surface area contributed by atoms with E-state index in [1.54, 1.807) is 21.9 Å². The number of halogens is 1. The molecule has 1 aromatic heterocycles. The summed E-state index contributed by atoms with van der Waals surface area (Å²) in [5.41, 5.74) is 1.84. The molecule has 0 spiro atoms. The van der Waals surface area contributed by atoms with Gasteiger partial charge in [0.15, 0.2) is 0 Å². The van der Waals surface area contributed by atoms with Gasteiger partial charge in [0, 0.05) is 25.1 Å². The predicted molar refractivity (Wildman–Crippen MR) is 117 cm³/mol. The summed E-state index contributed by atoms with van der Waals surface area (Å²) in [4.78, 5) is 49.4. The molecule has 32 heavy (non-hydrogen) atoms. The Balaban J connectivity index is 1.57. The summed E-state index contributed by atoms with van der Waals surface area (Å²) in [6.45, 7) is 3.42. The number of aromatic amines is 1. The van der Waals surface area contributed by atoms with Gasteiger partial charge in [-0.15, -0.1) is 0 Å². The third kappa shape index (κ3) is 4.74. The fourth-order valence-electron chi connectivity index (χ4n) is 4.59. The highest BCUT2D eigenvalue weighted by molar-refractivity contribution is 5.79. The van der Waals surface area contributed by atoms with E-state index in [-0.39, 0.29) is 35.7 Å². The topological polar surface area (TPSA) is 86.4 Å². The van der Waals surface area contributed by atoms with E-state index in [0.29, 0.717) is 49.6 Å². The molecule has 0 unspecified atom stereocenters. The number of rotatable bonds is 5. The second kappa shape index (κ2) is 9.63. The van der Waals surface area contributed by atoms with E-state index in [4.69, 9.17) is 4.98 Å². The van der Waals surface area contributed by atoms with E-state index >= 15 is 0 Å². The largest absolute Gasteiger partial charge is 0.336 e. The third-order valence-corrected chi connectivity index (χ3v) is 6.32. The SMILES string of the molecule is CCCC(=O)N1CCc2c(nc([C@@H]3CCCCN3C(=O)Cc3ccc(F)cc3)[nH]c2=O)C1. The van der Waals surface area contributed by atoms with Crippen LogP contribution in [0, 0.1) is 5.82 Å². The number of piperidine rings is 1. The number of benzene rings is 1. The zero-order valence-corrected chi connectivity index (χ0v) is 18.4. The van der Waals surface area contributed by atoms with E-state index in [9.17, 15) is 18.8 Å². The van der Waals surface area contributed by atoms with Crippen LogP contribution in [0.3, 0.4) is 0 Å². The van der Waals surface area contributed by atoms with Crippen LogP contribution in [-0.4, -0.2) is 44.7 Å². The molecule has 2 aliphatic rings. The number of hydrogen-bond donors (Lipinski definition) is 1. The van der Waals surface area contributed by atoms with Crippen LogP contribution in [0.2, 0.25) is 0 Å². The highest BCUT2D eigenvalue weighted by Crippen LogP contribution is 2.30. The van der Waals surface area contributed by atoms with Crippen molar-refractivity contribution in [1.82, 2.24) is 19.8 Å². The summed E-state index contributed by atoms with van der Waals surface area (Å²) in [6.07, 6.45) is 4.47. The number of amides is 2. The molecule has 170 valence electrons. The van der Waals surface area contributed by atoms with Gasteiger partial charge in [0.05, 0.1) is 24.7 Å². The van der Waals surface area contributed by atoms with Crippen LogP contribution < -0.4 is 5.56 Å². The Hall–Kier alpha value is -3.03. The van der Waals surface area contributed by atoms with Gasteiger partial charge in [0.25, 0.3) is 5.56 Å². The molecule has 0 aliphatic carbocycles. The molecule has 0 radical (unpaired) electrons. The van der Waals surface area contributed by atoms with Crippen LogP contribution in [0.15, 0.2) is 29.1 Å². The summed E-state index contributed by atoms with van der Waals surface area (Å²) in [6, 6.07) is 5.63. The summed E-state index contributed by atoms with van der Waals surface area (Å²) < 4.78 is 13.2. The number of carbonyl (C=O) groups is 2. The molecule has 2 amide bonds. The minimum Gasteiger partial charge on any atom is -0.336 e. The van der Waals surface area contributed by atoms with Crippen molar-refractivity contribution in [3.05, 3.63) is 63.1 Å². The summed E-state index contributed by atoms with van der Waals surface area (Å²) >= 11 is 0. The quantitative estimate of drug-likeness (QED) is 0.775. The molecule has 1 atom stereocenters. The molecule has 0 saturated carbocycles. The molecule has 3 heterocycles. The molecule has 1 N–H and O–H groups in total. The molecular formula is C24H29FN4O3. The number of nitrogens with one attached hydrogen (secondary N) is 1. The smallest absolute Gasteiger partial charge is 0.254 e. The molecule has 1 aromatic carbocycles. The van der Waals surface area contributed by atoms with Gasteiger partial charge in [0.2, 0.25) is 11.8 Å². The summed E-state index contributed by atoms with van der Waals surface area (Å²) in [5, 5.41) is 0. The Morgan fingerprint density at radius 2 is 1.94 bits per heavy atom. The summed E-state index contributed by atoms with van der Waals surface area (Å²) in [7, 11) is 0. The fraction of sp³-hybridized carbons (Fsp3) is 0.500. The first kappa shape index (κ1) is 22.2. The lowest BCUT2D eigenvalue weighted by atomic mass is 9.99. The number of hydrogen-bond acceptors (Lipinski definition) is 4. The molecule has 8 heteroatoms. The predicted octanol–water partition coefficient (Wildman–Crippen LogP) is 2.89. The molecule has 4 rings (SSSR count). The van der Waals surface area contributed by atoms with E-state index in [1.807, 2.05) is 6.92 Å². The van der Waals surface area contributed by atoms with Gasteiger partial charge in [-0.25, -0.2) is 9.37 Å². The van der Waals surface area contributed by atoms with Crippen molar-refractivity contribution >= 4 is 11.8 Å². The first-order valence-electron chi connectivity index (χ1n) is 11.4. The Morgan fingerprint density at radius 3 is 2.69 bits per heavy atom. The number of fused-ring (bicyclic) bond motifs is 1. The molecule has 1 fully saturated rings. The normalized spacial score (nSPS) is 18.4. The molecular weight excluding hydrogens is 411 g/mol. The first-order chi connectivity index (χ1) is 15.5. The van der Waals surface area contributed by atoms with Crippen molar-refractivity contribution in [1.29, 1.82) is 0 Å². The minimum atomic E-state index is -0.334. The van der Waals surface area contributed by atoms with Crippen LogP contribution >= 0.6 is 0 Å². The molecule has 7 nitrogen and oxygen atoms in total.